The van der Waals surface area contributed by atoms with Crippen LogP contribution in [0.4, 0.5) is 0 Å². The Bertz CT molecular complexity index is 1130. The van der Waals surface area contributed by atoms with Crippen LogP contribution in [0.3, 0.4) is 0 Å². The molecule has 0 spiro atoms. The van der Waals surface area contributed by atoms with E-state index in [9.17, 15) is 9.59 Å². The first-order valence-electron chi connectivity index (χ1n) is 8.63. The molecule has 0 aromatic heterocycles. The van der Waals surface area contributed by atoms with E-state index in [1.54, 1.807) is 24.3 Å². The number of esters is 1. The van der Waals surface area contributed by atoms with Gasteiger partial charge in [-0.1, -0.05) is 41.6 Å². The Kier molecular flexibility index (Phi) is 5.37. The number of hydrogen-bond donors (Lipinski definition) is 0. The molecule has 0 bridgehead atoms. The molecule has 28 heavy (non-hydrogen) atoms. The Morgan fingerprint density at radius 3 is 2.64 bits per heavy atom. The fourth-order valence-corrected chi connectivity index (χ4v) is 4.51. The topological polar surface area (TPSA) is 43.4 Å². The molecule has 3 nitrogen and oxygen atoms in total. The summed E-state index contributed by atoms with van der Waals surface area (Å²) in [5, 5.41) is 0. The number of carbonyl (C=O) groups excluding carboxylic acids is 2. The molecule has 0 atom stereocenters. The maximum Gasteiger partial charge on any atom is 0.343 e. The Hall–Kier alpha value is -2.38. The quantitative estimate of drug-likeness (QED) is 0.188. The van der Waals surface area contributed by atoms with Gasteiger partial charge in [0.15, 0.2) is 0 Å². The molecule has 138 valence electrons. The highest BCUT2D eigenvalue weighted by Crippen LogP contribution is 2.41. The zero-order valence-corrected chi connectivity index (χ0v) is 17.9. The van der Waals surface area contributed by atoms with Crippen molar-refractivity contribution in [3.8, 4) is 5.75 Å². The third kappa shape index (κ3) is 3.91. The van der Waals surface area contributed by atoms with Gasteiger partial charge in [-0.25, -0.2) is 4.79 Å². The Morgan fingerprint density at radius 1 is 1.04 bits per heavy atom. The summed E-state index contributed by atoms with van der Waals surface area (Å²) in [6.45, 7) is 1.96. The van der Waals surface area contributed by atoms with Gasteiger partial charge in [-0.15, -0.1) is 0 Å². The number of carbonyl (C=O) groups is 2. The highest BCUT2D eigenvalue weighted by atomic mass is 127. The first-order chi connectivity index (χ1) is 13.5. The van der Waals surface area contributed by atoms with E-state index in [1.165, 1.54) is 11.8 Å². The van der Waals surface area contributed by atoms with Gasteiger partial charge in [-0.3, -0.25) is 4.79 Å². The lowest BCUT2D eigenvalue weighted by molar-refractivity contribution is 0.0734. The molecule has 0 saturated heterocycles. The van der Waals surface area contributed by atoms with Gasteiger partial charge < -0.3 is 4.74 Å². The summed E-state index contributed by atoms with van der Waals surface area (Å²) in [4.78, 5) is 26.8. The lowest BCUT2D eigenvalue weighted by atomic mass is 10.1. The predicted octanol–water partition coefficient (Wildman–Crippen LogP) is 6.15. The predicted molar refractivity (Wildman–Crippen MR) is 120 cm³/mol. The summed E-state index contributed by atoms with van der Waals surface area (Å²) in [5.41, 5.74) is 2.94. The summed E-state index contributed by atoms with van der Waals surface area (Å²) < 4.78 is 6.62. The third-order valence-electron chi connectivity index (χ3n) is 4.29. The average molecular weight is 498 g/mol. The number of hydrogen-bond acceptors (Lipinski definition) is 4. The van der Waals surface area contributed by atoms with Gasteiger partial charge in [0.2, 0.25) is 5.78 Å². The number of rotatable bonds is 3. The lowest BCUT2D eigenvalue weighted by Gasteiger charge is -2.09. The second-order valence-corrected chi connectivity index (χ2v) is 8.71. The van der Waals surface area contributed by atoms with Crippen molar-refractivity contribution >= 4 is 52.2 Å². The van der Waals surface area contributed by atoms with Crippen LogP contribution in [0.25, 0.3) is 6.08 Å². The fraction of sp³-hybridized carbons (Fsp3) is 0.0435. The largest absolute Gasteiger partial charge is 0.422 e. The first kappa shape index (κ1) is 19.0. The van der Waals surface area contributed by atoms with Gasteiger partial charge in [-0.05, 0) is 78.1 Å². The highest BCUT2D eigenvalue weighted by Gasteiger charge is 2.25. The standard InChI is InChI=1S/C23H15IO3S/c1-14-9-10-19(27-23(26)15-5-4-6-17(24)12-15)16(11-14)13-21-22(25)18-7-2-3-8-20(18)28-21/h2-13H,1H3. The number of thioether (sulfide) groups is 1. The molecule has 0 aliphatic carbocycles. The fourth-order valence-electron chi connectivity index (χ4n) is 2.92. The number of allylic oxidation sites excluding steroid dienone is 1. The van der Waals surface area contributed by atoms with Crippen molar-refractivity contribution in [1.82, 2.24) is 0 Å². The smallest absolute Gasteiger partial charge is 0.343 e. The normalized spacial score (nSPS) is 14.2. The molecule has 0 N–H and O–H groups in total. The monoisotopic (exact) mass is 498 g/mol. The van der Waals surface area contributed by atoms with Crippen molar-refractivity contribution in [3.05, 3.63) is 97.5 Å². The Morgan fingerprint density at radius 2 is 1.86 bits per heavy atom. The minimum absolute atomic E-state index is 0.00278. The Labute approximate surface area is 180 Å². The minimum atomic E-state index is -0.421. The molecule has 0 fully saturated rings. The number of halogens is 1. The molecule has 3 aromatic rings. The average Bonchev–Trinajstić information content (AvgIpc) is 3.00. The molecule has 1 aliphatic rings. The maximum absolute atomic E-state index is 12.7. The van der Waals surface area contributed by atoms with E-state index in [0.29, 0.717) is 27.3 Å². The van der Waals surface area contributed by atoms with Gasteiger partial charge in [0.05, 0.1) is 10.5 Å². The van der Waals surface area contributed by atoms with E-state index in [2.05, 4.69) is 22.6 Å². The van der Waals surface area contributed by atoms with Gasteiger partial charge in [-0.2, -0.15) is 0 Å². The molecule has 0 saturated carbocycles. The number of Topliss-reactive ketones (excluding diaryl/α,β-unsaturated/α-hetero) is 1. The number of fused-ring (bicyclic) bond motifs is 1. The van der Waals surface area contributed by atoms with Crippen LogP contribution < -0.4 is 4.74 Å². The molecule has 0 radical (unpaired) electrons. The second kappa shape index (κ2) is 7.93. The van der Waals surface area contributed by atoms with E-state index in [0.717, 1.165) is 14.0 Å². The number of aryl methyl sites for hydroxylation is 1. The van der Waals surface area contributed by atoms with E-state index in [-0.39, 0.29) is 5.78 Å². The van der Waals surface area contributed by atoms with Gasteiger partial charge in [0, 0.05) is 19.6 Å². The lowest BCUT2D eigenvalue weighted by Crippen LogP contribution is -2.09. The van der Waals surface area contributed by atoms with Crippen molar-refractivity contribution in [2.45, 2.75) is 11.8 Å². The van der Waals surface area contributed by atoms with E-state index >= 15 is 0 Å². The molecule has 1 aliphatic heterocycles. The van der Waals surface area contributed by atoms with Crippen molar-refractivity contribution in [1.29, 1.82) is 0 Å². The molecular weight excluding hydrogens is 483 g/mol. The Balaban J connectivity index is 1.67. The van der Waals surface area contributed by atoms with Crippen LogP contribution in [-0.2, 0) is 0 Å². The minimum Gasteiger partial charge on any atom is -0.422 e. The molecule has 1 heterocycles. The van der Waals surface area contributed by atoms with E-state index < -0.39 is 5.97 Å². The summed E-state index contributed by atoms with van der Waals surface area (Å²) in [6.07, 6.45) is 1.80. The molecule has 4 rings (SSSR count). The number of ether oxygens (including phenoxy) is 1. The third-order valence-corrected chi connectivity index (χ3v) is 6.06. The van der Waals surface area contributed by atoms with Gasteiger partial charge >= 0.3 is 5.97 Å². The second-order valence-electron chi connectivity index (χ2n) is 6.38. The van der Waals surface area contributed by atoms with E-state index in [4.69, 9.17) is 4.74 Å². The highest BCUT2D eigenvalue weighted by molar-refractivity contribution is 14.1. The molecule has 5 heteroatoms. The molecular formula is C23H15IO3S. The SMILES string of the molecule is Cc1ccc(OC(=O)c2cccc(I)c2)c(C=C2Sc3ccccc3C2=O)c1. The molecule has 0 unspecified atom stereocenters. The number of benzene rings is 3. The van der Waals surface area contributed by atoms with Crippen LogP contribution in [0.5, 0.6) is 5.75 Å². The van der Waals surface area contributed by atoms with Gasteiger partial charge in [0.1, 0.15) is 5.75 Å². The summed E-state index contributed by atoms with van der Waals surface area (Å²) >= 11 is 3.60. The molecule has 3 aromatic carbocycles. The van der Waals surface area contributed by atoms with Crippen molar-refractivity contribution < 1.29 is 14.3 Å². The van der Waals surface area contributed by atoms with Crippen LogP contribution in [0, 0.1) is 10.5 Å². The van der Waals surface area contributed by atoms with Crippen LogP contribution in [0.15, 0.2) is 76.5 Å². The van der Waals surface area contributed by atoms with Crippen LogP contribution in [-0.4, -0.2) is 11.8 Å². The number of ketones is 1. The zero-order valence-electron chi connectivity index (χ0n) is 14.9. The summed E-state index contributed by atoms with van der Waals surface area (Å²) in [6, 6.07) is 20.4. The first-order valence-corrected chi connectivity index (χ1v) is 10.5. The van der Waals surface area contributed by atoms with Crippen molar-refractivity contribution in [2.24, 2.45) is 0 Å². The summed E-state index contributed by atoms with van der Waals surface area (Å²) in [7, 11) is 0. The van der Waals surface area contributed by atoms with Gasteiger partial charge in [0.25, 0.3) is 0 Å². The zero-order chi connectivity index (χ0) is 19.7. The molecule has 0 amide bonds. The van der Waals surface area contributed by atoms with E-state index in [1.807, 2.05) is 55.5 Å². The maximum atomic E-state index is 12.7. The van der Waals surface area contributed by atoms with Crippen LogP contribution in [0.1, 0.15) is 31.8 Å². The van der Waals surface area contributed by atoms with Crippen molar-refractivity contribution in [2.75, 3.05) is 0 Å². The van der Waals surface area contributed by atoms with Crippen LogP contribution in [0.2, 0.25) is 0 Å². The van der Waals surface area contributed by atoms with Crippen molar-refractivity contribution in [3.63, 3.8) is 0 Å². The summed E-state index contributed by atoms with van der Waals surface area (Å²) in [5.74, 6) is 0.0130. The van der Waals surface area contributed by atoms with Crippen LogP contribution >= 0.6 is 34.4 Å².